The molecule has 1 aliphatic heterocycles. The van der Waals surface area contributed by atoms with E-state index in [0.717, 1.165) is 4.90 Å². The fourth-order valence-corrected chi connectivity index (χ4v) is 5.04. The number of rotatable bonds is 7. The van der Waals surface area contributed by atoms with Gasteiger partial charge in [0.15, 0.2) is 0 Å². The van der Waals surface area contributed by atoms with Crippen LogP contribution in [-0.2, 0) is 20.9 Å². The van der Waals surface area contributed by atoms with Crippen LogP contribution in [0.3, 0.4) is 0 Å². The number of urea groups is 1. The van der Waals surface area contributed by atoms with Crippen LogP contribution in [0, 0.1) is 10.1 Å². The summed E-state index contributed by atoms with van der Waals surface area (Å²) in [5, 5.41) is 13.0. The minimum absolute atomic E-state index is 0.0294. The van der Waals surface area contributed by atoms with Crippen molar-refractivity contribution in [3.05, 3.63) is 102 Å². The fourth-order valence-electron chi connectivity index (χ4n) is 3.59. The van der Waals surface area contributed by atoms with Gasteiger partial charge >= 0.3 is 12.0 Å². The monoisotopic (exact) mass is 657 g/mol. The third-order valence-electron chi connectivity index (χ3n) is 5.51. The maximum absolute atomic E-state index is 13.2. The van der Waals surface area contributed by atoms with Gasteiger partial charge < -0.3 is 9.47 Å². The maximum atomic E-state index is 13.2. The van der Waals surface area contributed by atoms with Crippen molar-refractivity contribution in [1.82, 2.24) is 5.32 Å². The Labute approximate surface area is 237 Å². The van der Waals surface area contributed by atoms with Crippen LogP contribution in [0.5, 0.6) is 5.75 Å². The van der Waals surface area contributed by atoms with E-state index in [9.17, 15) is 29.3 Å². The molecule has 0 unspecified atom stereocenters. The molecule has 4 rings (SSSR count). The van der Waals surface area contributed by atoms with Crippen LogP contribution >= 0.6 is 31.9 Å². The Morgan fingerprint density at radius 1 is 1.03 bits per heavy atom. The average molecular weight is 659 g/mol. The quantitative estimate of drug-likeness (QED) is 0.121. The molecule has 3 aromatic rings. The number of esters is 1. The number of nitro benzene ring substituents is 1. The molecule has 0 aliphatic carbocycles. The molecule has 3 aromatic carbocycles. The summed E-state index contributed by atoms with van der Waals surface area (Å²) < 4.78 is 11.5. The second-order valence-electron chi connectivity index (χ2n) is 8.02. The molecule has 1 saturated heterocycles. The molecule has 0 radical (unpaired) electrons. The van der Waals surface area contributed by atoms with E-state index < -0.39 is 28.7 Å². The van der Waals surface area contributed by atoms with Crippen LogP contribution in [0.4, 0.5) is 16.2 Å². The number of nitrogens with one attached hydrogen (secondary N) is 1. The standard InChI is InChI=1S/C26H17Br2N3O8/c1-38-25(34)16-4-8-17(9-5-16)30-24(33)19(23(32)29-26(30)35)10-15-11-20(27)22(21(28)12-15)39-13-14-2-6-18(7-3-14)31(36)37/h2-12H,13H2,1H3,(H,29,32,35)/b19-10+. The number of amides is 4. The predicted octanol–water partition coefficient (Wildman–Crippen LogP) is 5.15. The van der Waals surface area contributed by atoms with Crippen molar-refractivity contribution < 1.29 is 33.6 Å². The number of carbonyl (C=O) groups excluding carboxylic acids is 4. The molecule has 0 aromatic heterocycles. The first-order valence-corrected chi connectivity index (χ1v) is 12.6. The number of hydrogen-bond donors (Lipinski definition) is 1. The van der Waals surface area contributed by atoms with Gasteiger partial charge in [0, 0.05) is 12.1 Å². The highest BCUT2D eigenvalue weighted by atomic mass is 79.9. The molecule has 39 heavy (non-hydrogen) atoms. The van der Waals surface area contributed by atoms with Crippen molar-refractivity contribution in [1.29, 1.82) is 0 Å². The van der Waals surface area contributed by atoms with Crippen LogP contribution in [0.25, 0.3) is 6.08 Å². The number of ether oxygens (including phenoxy) is 2. The van der Waals surface area contributed by atoms with E-state index in [0.29, 0.717) is 25.8 Å². The Morgan fingerprint density at radius 3 is 2.21 bits per heavy atom. The molecule has 1 fully saturated rings. The number of hydrogen-bond acceptors (Lipinski definition) is 8. The summed E-state index contributed by atoms with van der Waals surface area (Å²) in [7, 11) is 1.23. The van der Waals surface area contributed by atoms with Gasteiger partial charge in [-0.2, -0.15) is 0 Å². The molecule has 1 N–H and O–H groups in total. The largest absolute Gasteiger partial charge is 0.487 e. The second-order valence-corrected chi connectivity index (χ2v) is 9.73. The Hall–Kier alpha value is -4.36. The molecule has 13 heteroatoms. The van der Waals surface area contributed by atoms with E-state index in [-0.39, 0.29) is 29.1 Å². The van der Waals surface area contributed by atoms with Crippen LogP contribution in [0.15, 0.2) is 75.2 Å². The lowest BCUT2D eigenvalue weighted by molar-refractivity contribution is -0.384. The predicted molar refractivity (Wildman–Crippen MR) is 146 cm³/mol. The van der Waals surface area contributed by atoms with Crippen molar-refractivity contribution in [3.8, 4) is 5.75 Å². The lowest BCUT2D eigenvalue weighted by atomic mass is 10.1. The van der Waals surface area contributed by atoms with Gasteiger partial charge in [-0.3, -0.25) is 25.0 Å². The number of benzene rings is 3. The van der Waals surface area contributed by atoms with Gasteiger partial charge in [0.1, 0.15) is 17.9 Å². The Balaban J connectivity index is 1.56. The van der Waals surface area contributed by atoms with Crippen molar-refractivity contribution in [2.24, 2.45) is 0 Å². The summed E-state index contributed by atoms with van der Waals surface area (Å²) in [6, 6.07) is 13.8. The van der Waals surface area contributed by atoms with Gasteiger partial charge in [-0.1, -0.05) is 0 Å². The van der Waals surface area contributed by atoms with E-state index in [1.165, 1.54) is 49.6 Å². The van der Waals surface area contributed by atoms with Crippen LogP contribution in [-0.4, -0.2) is 35.8 Å². The van der Waals surface area contributed by atoms with Gasteiger partial charge in [0.05, 0.1) is 32.2 Å². The maximum Gasteiger partial charge on any atom is 0.337 e. The van der Waals surface area contributed by atoms with Gasteiger partial charge in [-0.05, 0) is 97.6 Å². The van der Waals surface area contributed by atoms with Gasteiger partial charge in [0.25, 0.3) is 17.5 Å². The van der Waals surface area contributed by atoms with Gasteiger partial charge in [-0.15, -0.1) is 0 Å². The highest BCUT2D eigenvalue weighted by Gasteiger charge is 2.37. The summed E-state index contributed by atoms with van der Waals surface area (Å²) in [6.45, 7) is 0.127. The van der Waals surface area contributed by atoms with E-state index in [4.69, 9.17) is 4.74 Å². The van der Waals surface area contributed by atoms with Crippen LogP contribution in [0.1, 0.15) is 21.5 Å². The lowest BCUT2D eigenvalue weighted by Gasteiger charge is -2.26. The van der Waals surface area contributed by atoms with Crippen molar-refractivity contribution in [3.63, 3.8) is 0 Å². The molecule has 4 amide bonds. The normalized spacial score (nSPS) is 14.3. The third kappa shape index (κ3) is 6.04. The first-order chi connectivity index (χ1) is 18.6. The number of barbiturate groups is 1. The summed E-state index contributed by atoms with van der Waals surface area (Å²) in [5.74, 6) is -1.86. The zero-order valence-corrected chi connectivity index (χ0v) is 23.1. The highest BCUT2D eigenvalue weighted by molar-refractivity contribution is 9.11. The van der Waals surface area contributed by atoms with Crippen LogP contribution < -0.4 is 15.0 Å². The lowest BCUT2D eigenvalue weighted by Crippen LogP contribution is -2.54. The number of anilines is 1. The van der Waals surface area contributed by atoms with E-state index >= 15 is 0 Å². The summed E-state index contributed by atoms with van der Waals surface area (Å²) in [4.78, 5) is 61.0. The number of methoxy groups -OCH3 is 1. The van der Waals surface area contributed by atoms with E-state index in [1.54, 1.807) is 24.3 Å². The van der Waals surface area contributed by atoms with E-state index in [1.807, 2.05) is 0 Å². The molecule has 1 heterocycles. The van der Waals surface area contributed by atoms with E-state index in [2.05, 4.69) is 41.9 Å². The number of halogens is 2. The molecule has 1 aliphatic rings. The minimum atomic E-state index is -0.926. The zero-order valence-electron chi connectivity index (χ0n) is 20.0. The number of non-ortho nitro benzene ring substituents is 1. The van der Waals surface area contributed by atoms with Crippen molar-refractivity contribution in [2.75, 3.05) is 12.0 Å². The molecular weight excluding hydrogens is 642 g/mol. The fraction of sp³-hybridized carbons (Fsp3) is 0.0769. The topological polar surface area (TPSA) is 145 Å². The molecule has 0 bridgehead atoms. The summed E-state index contributed by atoms with van der Waals surface area (Å²) in [5.41, 5.74) is 1.22. The average Bonchev–Trinajstić information content (AvgIpc) is 2.90. The van der Waals surface area contributed by atoms with Crippen molar-refractivity contribution in [2.45, 2.75) is 6.61 Å². The van der Waals surface area contributed by atoms with Crippen LogP contribution in [0.2, 0.25) is 0 Å². The third-order valence-corrected chi connectivity index (χ3v) is 6.69. The second kappa shape index (κ2) is 11.6. The SMILES string of the molecule is COC(=O)c1ccc(N2C(=O)NC(=O)/C(=C\c3cc(Br)c(OCc4ccc([N+](=O)[O-])cc4)c(Br)c3)C2=O)cc1. The first-order valence-electron chi connectivity index (χ1n) is 11.0. The van der Waals surface area contributed by atoms with Gasteiger partial charge in [0.2, 0.25) is 0 Å². The first kappa shape index (κ1) is 27.7. The highest BCUT2D eigenvalue weighted by Crippen LogP contribution is 2.36. The molecule has 198 valence electrons. The molecule has 11 nitrogen and oxygen atoms in total. The molecular formula is C26H17Br2N3O8. The number of nitro groups is 1. The summed E-state index contributed by atoms with van der Waals surface area (Å²) in [6.07, 6.45) is 1.33. The number of imide groups is 2. The molecule has 0 atom stereocenters. The number of nitrogens with zero attached hydrogens (tertiary/aromatic N) is 2. The summed E-state index contributed by atoms with van der Waals surface area (Å²) >= 11 is 6.84. The Kier molecular flexibility index (Phi) is 8.21. The molecule has 0 saturated carbocycles. The molecule has 0 spiro atoms. The number of carbonyl (C=O) groups is 4. The van der Waals surface area contributed by atoms with Gasteiger partial charge in [-0.25, -0.2) is 14.5 Å². The Bertz CT molecular complexity index is 1510. The zero-order chi connectivity index (χ0) is 28.3. The van der Waals surface area contributed by atoms with Crippen molar-refractivity contribution >= 4 is 73.1 Å². The minimum Gasteiger partial charge on any atom is -0.487 e. The Morgan fingerprint density at radius 2 is 1.64 bits per heavy atom. The smallest absolute Gasteiger partial charge is 0.337 e.